The lowest BCUT2D eigenvalue weighted by atomic mass is 10.1. The Kier molecular flexibility index (Phi) is 5.71. The van der Waals surface area contributed by atoms with Crippen molar-refractivity contribution in [3.05, 3.63) is 35.4 Å². The maximum Gasteiger partial charge on any atom is 0.317 e. The number of rotatable bonds is 6. The van der Waals surface area contributed by atoms with E-state index in [1.54, 1.807) is 4.90 Å². The first-order chi connectivity index (χ1) is 11.7. The highest BCUT2D eigenvalue weighted by Gasteiger charge is 2.32. The molecule has 0 unspecified atom stereocenters. The van der Waals surface area contributed by atoms with Gasteiger partial charge in [0.05, 0.1) is 6.61 Å². The van der Waals surface area contributed by atoms with Crippen molar-refractivity contribution in [3.8, 4) is 0 Å². The van der Waals surface area contributed by atoms with E-state index in [9.17, 15) is 9.90 Å². The van der Waals surface area contributed by atoms with E-state index in [1.165, 1.54) is 5.56 Å². The van der Waals surface area contributed by atoms with Crippen LogP contribution < -0.4 is 5.32 Å². The normalized spacial score (nSPS) is 25.5. The van der Waals surface area contributed by atoms with Crippen LogP contribution in [0.4, 0.5) is 4.79 Å². The Balaban J connectivity index is 1.53. The molecule has 0 radical (unpaired) electrons. The molecule has 6 nitrogen and oxygen atoms in total. The van der Waals surface area contributed by atoms with Crippen molar-refractivity contribution in [1.82, 2.24) is 20.0 Å². The number of piperazine rings is 3. The summed E-state index contributed by atoms with van der Waals surface area (Å²) in [5.74, 6) is 0. The molecule has 1 aromatic rings. The van der Waals surface area contributed by atoms with Crippen LogP contribution in [-0.4, -0.2) is 84.3 Å². The number of aliphatic hydroxyl groups is 1. The summed E-state index contributed by atoms with van der Waals surface area (Å²) < 4.78 is 0. The quantitative estimate of drug-likeness (QED) is 0.796. The monoisotopic (exact) mass is 332 g/mol. The molecule has 0 aliphatic carbocycles. The van der Waals surface area contributed by atoms with Crippen molar-refractivity contribution < 1.29 is 9.90 Å². The van der Waals surface area contributed by atoms with E-state index in [0.717, 1.165) is 38.3 Å². The van der Waals surface area contributed by atoms with E-state index >= 15 is 0 Å². The minimum absolute atomic E-state index is 0.0252. The molecular formula is C18H28N4O2. The molecule has 3 aliphatic rings. The molecular weight excluding hydrogens is 304 g/mol. The minimum Gasteiger partial charge on any atom is -0.395 e. The number of nitrogens with zero attached hydrogens (tertiary/aromatic N) is 3. The fourth-order valence-electron chi connectivity index (χ4n) is 3.52. The van der Waals surface area contributed by atoms with Gasteiger partial charge in [0.2, 0.25) is 0 Å². The first-order valence-electron chi connectivity index (χ1n) is 8.81. The third-order valence-corrected chi connectivity index (χ3v) is 5.03. The molecule has 2 bridgehead atoms. The summed E-state index contributed by atoms with van der Waals surface area (Å²) >= 11 is 0. The Labute approximate surface area is 144 Å². The zero-order chi connectivity index (χ0) is 16.9. The zero-order valence-electron chi connectivity index (χ0n) is 14.4. The van der Waals surface area contributed by atoms with Gasteiger partial charge in [0, 0.05) is 58.4 Å². The van der Waals surface area contributed by atoms with Crippen LogP contribution in [-0.2, 0) is 6.54 Å². The lowest BCUT2D eigenvalue weighted by Crippen LogP contribution is -2.63. The van der Waals surface area contributed by atoms with Crippen LogP contribution in [0.5, 0.6) is 0 Å². The molecule has 2 amide bonds. The zero-order valence-corrected chi connectivity index (χ0v) is 14.4. The van der Waals surface area contributed by atoms with Gasteiger partial charge in [0.1, 0.15) is 0 Å². The number of amides is 2. The molecule has 4 rings (SSSR count). The van der Waals surface area contributed by atoms with E-state index in [1.807, 2.05) is 31.2 Å². The summed E-state index contributed by atoms with van der Waals surface area (Å²) in [5, 5.41) is 12.3. The second-order valence-electron chi connectivity index (χ2n) is 6.81. The highest BCUT2D eigenvalue weighted by Crippen LogP contribution is 2.15. The Bertz CT molecular complexity index is 540. The van der Waals surface area contributed by atoms with Crippen LogP contribution in [0.2, 0.25) is 0 Å². The molecule has 2 N–H and O–H groups in total. The molecule has 132 valence electrons. The standard InChI is InChI=1S/C18H28N4O2/c1-15-2-4-16(5-3-15)13-22(10-11-23)18(24)19-12-17-14-20-6-8-21(17)9-7-20/h2-5,17,23H,6-14H2,1H3,(H,19,24)/t17-/m0/s1. The van der Waals surface area contributed by atoms with Gasteiger partial charge >= 0.3 is 6.03 Å². The van der Waals surface area contributed by atoms with Gasteiger partial charge in [-0.25, -0.2) is 4.79 Å². The predicted molar refractivity (Wildman–Crippen MR) is 93.9 cm³/mol. The van der Waals surface area contributed by atoms with Crippen LogP contribution in [0.3, 0.4) is 0 Å². The van der Waals surface area contributed by atoms with Crippen molar-refractivity contribution >= 4 is 6.03 Å². The highest BCUT2D eigenvalue weighted by molar-refractivity contribution is 5.74. The molecule has 3 saturated heterocycles. The average Bonchev–Trinajstić information content (AvgIpc) is 2.62. The third kappa shape index (κ3) is 4.26. The van der Waals surface area contributed by atoms with Gasteiger partial charge in [-0.2, -0.15) is 0 Å². The number of benzene rings is 1. The molecule has 3 heterocycles. The minimum atomic E-state index is -0.0951. The Morgan fingerprint density at radius 3 is 2.54 bits per heavy atom. The number of aliphatic hydroxyl groups excluding tert-OH is 1. The number of hydrogen-bond donors (Lipinski definition) is 2. The molecule has 0 saturated carbocycles. The molecule has 3 aliphatic heterocycles. The summed E-state index contributed by atoms with van der Waals surface area (Å²) in [5.41, 5.74) is 2.28. The Morgan fingerprint density at radius 1 is 1.25 bits per heavy atom. The van der Waals surface area contributed by atoms with Gasteiger partial charge in [0.15, 0.2) is 0 Å². The number of fused-ring (bicyclic) bond motifs is 3. The van der Waals surface area contributed by atoms with E-state index < -0.39 is 0 Å². The van der Waals surface area contributed by atoms with Crippen LogP contribution >= 0.6 is 0 Å². The van der Waals surface area contributed by atoms with Crippen molar-refractivity contribution in [2.24, 2.45) is 0 Å². The molecule has 1 aromatic carbocycles. The van der Waals surface area contributed by atoms with Crippen molar-refractivity contribution in [2.75, 3.05) is 52.4 Å². The van der Waals surface area contributed by atoms with Gasteiger partial charge in [-0.15, -0.1) is 0 Å². The van der Waals surface area contributed by atoms with Crippen LogP contribution in [0.1, 0.15) is 11.1 Å². The molecule has 0 aromatic heterocycles. The first-order valence-corrected chi connectivity index (χ1v) is 8.81. The van der Waals surface area contributed by atoms with Gasteiger partial charge in [-0.1, -0.05) is 29.8 Å². The van der Waals surface area contributed by atoms with Crippen LogP contribution in [0, 0.1) is 6.92 Å². The lowest BCUT2D eigenvalue weighted by Gasteiger charge is -2.47. The first kappa shape index (κ1) is 17.2. The van der Waals surface area contributed by atoms with Crippen molar-refractivity contribution in [3.63, 3.8) is 0 Å². The molecule has 0 spiro atoms. The number of hydrogen-bond acceptors (Lipinski definition) is 4. The molecule has 3 fully saturated rings. The fraction of sp³-hybridized carbons (Fsp3) is 0.611. The summed E-state index contributed by atoms with van der Waals surface area (Å²) in [4.78, 5) is 19.1. The topological polar surface area (TPSA) is 59.1 Å². The Hall–Kier alpha value is -1.63. The summed E-state index contributed by atoms with van der Waals surface area (Å²) in [6.45, 7) is 9.10. The van der Waals surface area contributed by atoms with Crippen molar-refractivity contribution in [1.29, 1.82) is 0 Å². The van der Waals surface area contributed by atoms with Crippen LogP contribution in [0.15, 0.2) is 24.3 Å². The second kappa shape index (κ2) is 7.96. The van der Waals surface area contributed by atoms with Crippen LogP contribution in [0.25, 0.3) is 0 Å². The summed E-state index contributed by atoms with van der Waals surface area (Å²) in [6.07, 6.45) is 0. The van der Waals surface area contributed by atoms with E-state index in [0.29, 0.717) is 25.7 Å². The largest absolute Gasteiger partial charge is 0.395 e. The second-order valence-corrected chi connectivity index (χ2v) is 6.81. The van der Waals surface area contributed by atoms with Gasteiger partial charge in [-0.05, 0) is 12.5 Å². The number of urea groups is 1. The third-order valence-electron chi connectivity index (χ3n) is 5.03. The SMILES string of the molecule is Cc1ccc(CN(CCO)C(=O)NC[C@H]2CN3CCN2CC3)cc1. The highest BCUT2D eigenvalue weighted by atomic mass is 16.3. The van der Waals surface area contributed by atoms with E-state index in [4.69, 9.17) is 0 Å². The van der Waals surface area contributed by atoms with Gasteiger partial charge in [-0.3, -0.25) is 9.80 Å². The molecule has 1 atom stereocenters. The number of carbonyl (C=O) groups is 1. The number of aryl methyl sites for hydroxylation is 1. The number of nitrogens with one attached hydrogen (secondary N) is 1. The lowest BCUT2D eigenvalue weighted by molar-refractivity contribution is 0.0142. The van der Waals surface area contributed by atoms with E-state index in [-0.39, 0.29) is 12.6 Å². The average molecular weight is 332 g/mol. The van der Waals surface area contributed by atoms with Gasteiger partial charge < -0.3 is 15.3 Å². The van der Waals surface area contributed by atoms with Crippen molar-refractivity contribution in [2.45, 2.75) is 19.5 Å². The fourth-order valence-corrected chi connectivity index (χ4v) is 3.52. The molecule has 24 heavy (non-hydrogen) atoms. The maximum atomic E-state index is 12.5. The predicted octanol–water partition coefficient (Wildman–Crippen LogP) is 0.499. The number of carbonyl (C=O) groups excluding carboxylic acids is 1. The summed E-state index contributed by atoms with van der Waals surface area (Å²) in [7, 11) is 0. The smallest absolute Gasteiger partial charge is 0.317 e. The molecule has 6 heteroatoms. The van der Waals surface area contributed by atoms with Gasteiger partial charge in [0.25, 0.3) is 0 Å². The summed E-state index contributed by atoms with van der Waals surface area (Å²) in [6, 6.07) is 8.47. The van der Waals surface area contributed by atoms with E-state index in [2.05, 4.69) is 15.1 Å². The Morgan fingerprint density at radius 2 is 1.96 bits per heavy atom. The maximum absolute atomic E-state index is 12.5.